The van der Waals surface area contributed by atoms with Crippen LogP contribution in [0.15, 0.2) is 4.42 Å². The first-order valence-electron chi connectivity index (χ1n) is 5.27. The summed E-state index contributed by atoms with van der Waals surface area (Å²) in [5, 5.41) is 9.65. The summed E-state index contributed by atoms with van der Waals surface area (Å²) >= 11 is 0. The molecule has 0 fully saturated rings. The highest BCUT2D eigenvalue weighted by Gasteiger charge is 2.11. The maximum atomic E-state index is 7.08. The number of guanidine groups is 1. The van der Waals surface area contributed by atoms with E-state index < -0.39 is 0 Å². The van der Waals surface area contributed by atoms with Gasteiger partial charge in [-0.05, 0) is 12.8 Å². The van der Waals surface area contributed by atoms with Gasteiger partial charge < -0.3 is 10.2 Å². The zero-order valence-electron chi connectivity index (χ0n) is 9.26. The third-order valence-corrected chi connectivity index (χ3v) is 1.98. The largest absolute Gasteiger partial charge is 0.428 e. The molecular formula is C10H18N4O. The number of nitrogens with two attached hydrogens (primary N) is 1. The summed E-state index contributed by atoms with van der Waals surface area (Å²) in [6.07, 6.45) is 3.83. The molecule has 0 aliphatic heterocycles. The van der Waals surface area contributed by atoms with Crippen molar-refractivity contribution in [3.63, 3.8) is 0 Å². The highest BCUT2D eigenvalue weighted by Crippen LogP contribution is 2.18. The van der Waals surface area contributed by atoms with E-state index in [2.05, 4.69) is 24.1 Å². The lowest BCUT2D eigenvalue weighted by molar-refractivity contribution is 0.513. The molecule has 0 radical (unpaired) electrons. The third kappa shape index (κ3) is 3.27. The van der Waals surface area contributed by atoms with Crippen LogP contribution in [0.5, 0.6) is 0 Å². The molecule has 15 heavy (non-hydrogen) atoms. The Bertz CT molecular complexity index is 309. The SMILES string of the molecule is CCCc1nc(NC(=N)N)oc1CCC. The van der Waals surface area contributed by atoms with Crippen molar-refractivity contribution in [1.82, 2.24) is 4.98 Å². The smallest absolute Gasteiger partial charge is 0.301 e. The minimum Gasteiger partial charge on any atom is -0.428 e. The maximum absolute atomic E-state index is 7.08. The molecule has 84 valence electrons. The summed E-state index contributed by atoms with van der Waals surface area (Å²) in [7, 11) is 0. The highest BCUT2D eigenvalue weighted by molar-refractivity contribution is 5.87. The Hall–Kier alpha value is -1.52. The van der Waals surface area contributed by atoms with Gasteiger partial charge in [-0.25, -0.2) is 0 Å². The Labute approximate surface area is 89.6 Å². The van der Waals surface area contributed by atoms with Gasteiger partial charge >= 0.3 is 6.01 Å². The Morgan fingerprint density at radius 2 is 2.07 bits per heavy atom. The first-order chi connectivity index (χ1) is 7.17. The zero-order valence-corrected chi connectivity index (χ0v) is 9.26. The van der Waals surface area contributed by atoms with Crippen molar-refractivity contribution in [3.8, 4) is 0 Å². The molecule has 1 rings (SSSR count). The van der Waals surface area contributed by atoms with E-state index in [0.717, 1.165) is 37.1 Å². The van der Waals surface area contributed by atoms with Crippen LogP contribution in [0.1, 0.15) is 38.1 Å². The Kier molecular flexibility index (Phi) is 4.15. The van der Waals surface area contributed by atoms with Crippen molar-refractivity contribution < 1.29 is 4.42 Å². The topological polar surface area (TPSA) is 87.9 Å². The normalized spacial score (nSPS) is 10.3. The van der Waals surface area contributed by atoms with Gasteiger partial charge in [-0.15, -0.1) is 0 Å². The number of aryl methyl sites for hydroxylation is 2. The summed E-state index contributed by atoms with van der Waals surface area (Å²) in [6, 6.07) is 0.328. The van der Waals surface area contributed by atoms with E-state index in [4.69, 9.17) is 15.6 Å². The van der Waals surface area contributed by atoms with Crippen molar-refractivity contribution in [2.75, 3.05) is 5.32 Å². The lowest BCUT2D eigenvalue weighted by atomic mass is 10.1. The van der Waals surface area contributed by atoms with Crippen LogP contribution in [0, 0.1) is 5.41 Å². The second-order valence-electron chi connectivity index (χ2n) is 3.43. The van der Waals surface area contributed by atoms with Crippen LogP contribution in [0.25, 0.3) is 0 Å². The number of aromatic nitrogens is 1. The minimum atomic E-state index is -0.151. The minimum absolute atomic E-state index is 0.151. The first-order valence-corrected chi connectivity index (χ1v) is 5.27. The quantitative estimate of drug-likeness (QED) is 0.511. The van der Waals surface area contributed by atoms with Crippen LogP contribution in [-0.2, 0) is 12.8 Å². The van der Waals surface area contributed by atoms with Gasteiger partial charge in [0.2, 0.25) is 0 Å². The van der Waals surface area contributed by atoms with Crippen molar-refractivity contribution in [2.45, 2.75) is 39.5 Å². The molecule has 5 heteroatoms. The van der Waals surface area contributed by atoms with E-state index in [-0.39, 0.29) is 5.96 Å². The Balaban J connectivity index is 2.82. The van der Waals surface area contributed by atoms with Gasteiger partial charge in [0.25, 0.3) is 0 Å². The number of nitrogens with one attached hydrogen (secondary N) is 2. The summed E-state index contributed by atoms with van der Waals surface area (Å²) < 4.78 is 5.48. The lowest BCUT2D eigenvalue weighted by Crippen LogP contribution is -2.20. The molecule has 0 saturated carbocycles. The molecular weight excluding hydrogens is 192 g/mol. The molecule has 0 bridgehead atoms. The number of anilines is 1. The lowest BCUT2D eigenvalue weighted by Gasteiger charge is -1.95. The molecule has 1 aromatic rings. The summed E-state index contributed by atoms with van der Waals surface area (Å²) in [4.78, 5) is 4.26. The van der Waals surface area contributed by atoms with Crippen molar-refractivity contribution >= 4 is 12.0 Å². The van der Waals surface area contributed by atoms with Crippen molar-refractivity contribution in [1.29, 1.82) is 5.41 Å². The molecule has 0 saturated heterocycles. The van der Waals surface area contributed by atoms with E-state index in [0.29, 0.717) is 6.01 Å². The van der Waals surface area contributed by atoms with E-state index in [1.165, 1.54) is 0 Å². The number of hydrogen-bond acceptors (Lipinski definition) is 3. The number of hydrogen-bond donors (Lipinski definition) is 3. The average molecular weight is 210 g/mol. The summed E-state index contributed by atoms with van der Waals surface area (Å²) in [5.41, 5.74) is 6.18. The fourth-order valence-electron chi connectivity index (χ4n) is 1.41. The predicted molar refractivity (Wildman–Crippen MR) is 60.0 cm³/mol. The summed E-state index contributed by atoms with van der Waals surface area (Å²) in [5.74, 6) is 0.755. The predicted octanol–water partition coefficient (Wildman–Crippen LogP) is 1.88. The standard InChI is InChI=1S/C10H18N4O/c1-3-5-7-8(6-4-2)15-10(13-7)14-9(11)12/h3-6H2,1-2H3,(H4,11,12,13,14). The Morgan fingerprint density at radius 3 is 2.60 bits per heavy atom. The fraction of sp³-hybridized carbons (Fsp3) is 0.600. The molecule has 0 aliphatic rings. The van der Waals surface area contributed by atoms with Gasteiger partial charge in [-0.2, -0.15) is 4.98 Å². The van der Waals surface area contributed by atoms with Gasteiger partial charge in [0.05, 0.1) is 5.69 Å². The molecule has 4 N–H and O–H groups in total. The van der Waals surface area contributed by atoms with Crippen LogP contribution in [0.2, 0.25) is 0 Å². The number of oxazole rings is 1. The second-order valence-corrected chi connectivity index (χ2v) is 3.43. The van der Waals surface area contributed by atoms with E-state index in [9.17, 15) is 0 Å². The fourth-order valence-corrected chi connectivity index (χ4v) is 1.41. The van der Waals surface area contributed by atoms with Crippen LogP contribution in [0.3, 0.4) is 0 Å². The molecule has 5 nitrogen and oxygen atoms in total. The van der Waals surface area contributed by atoms with Crippen LogP contribution >= 0.6 is 0 Å². The van der Waals surface area contributed by atoms with Crippen LogP contribution < -0.4 is 11.1 Å². The average Bonchev–Trinajstić information content (AvgIpc) is 2.48. The highest BCUT2D eigenvalue weighted by atomic mass is 16.4. The van der Waals surface area contributed by atoms with Gasteiger partial charge in [0.1, 0.15) is 5.76 Å². The third-order valence-electron chi connectivity index (χ3n) is 1.98. The maximum Gasteiger partial charge on any atom is 0.301 e. The molecule has 0 unspecified atom stereocenters. The van der Waals surface area contributed by atoms with E-state index in [1.54, 1.807) is 0 Å². The molecule has 0 aromatic carbocycles. The molecule has 1 heterocycles. The molecule has 0 amide bonds. The van der Waals surface area contributed by atoms with Crippen LogP contribution in [0.4, 0.5) is 6.01 Å². The first kappa shape index (κ1) is 11.6. The Morgan fingerprint density at radius 1 is 1.40 bits per heavy atom. The van der Waals surface area contributed by atoms with Gasteiger partial charge in [-0.3, -0.25) is 10.7 Å². The van der Waals surface area contributed by atoms with Crippen LogP contribution in [-0.4, -0.2) is 10.9 Å². The van der Waals surface area contributed by atoms with E-state index >= 15 is 0 Å². The van der Waals surface area contributed by atoms with Crippen molar-refractivity contribution in [2.24, 2.45) is 5.73 Å². The second kappa shape index (κ2) is 5.38. The molecule has 0 atom stereocenters. The monoisotopic (exact) mass is 210 g/mol. The van der Waals surface area contributed by atoms with Crippen molar-refractivity contribution in [3.05, 3.63) is 11.5 Å². The zero-order chi connectivity index (χ0) is 11.3. The molecule has 1 aromatic heterocycles. The number of nitrogens with zero attached hydrogens (tertiary/aromatic N) is 1. The van der Waals surface area contributed by atoms with E-state index in [1.807, 2.05) is 0 Å². The molecule has 0 aliphatic carbocycles. The molecule has 0 spiro atoms. The summed E-state index contributed by atoms with van der Waals surface area (Å²) in [6.45, 7) is 4.19. The van der Waals surface area contributed by atoms with Gasteiger partial charge in [0, 0.05) is 6.42 Å². The van der Waals surface area contributed by atoms with Gasteiger partial charge in [0.15, 0.2) is 5.96 Å². The van der Waals surface area contributed by atoms with Gasteiger partial charge in [-0.1, -0.05) is 20.3 Å². The number of rotatable bonds is 5.